The van der Waals surface area contributed by atoms with Crippen molar-refractivity contribution in [3.63, 3.8) is 0 Å². The Morgan fingerprint density at radius 3 is 2.50 bits per heavy atom. The predicted molar refractivity (Wildman–Crippen MR) is 69.1 cm³/mol. The van der Waals surface area contributed by atoms with Gasteiger partial charge in [0, 0.05) is 11.5 Å². The molecular weight excluding hydrogens is 222 g/mol. The summed E-state index contributed by atoms with van der Waals surface area (Å²) in [5.74, 6) is 1.98. The number of nitriles is 1. The molecule has 4 atom stereocenters. The monoisotopic (exact) mass is 239 g/mol. The van der Waals surface area contributed by atoms with Crippen LogP contribution in [0.5, 0.6) is 0 Å². The highest BCUT2D eigenvalue weighted by Gasteiger charge is 2.48. The Morgan fingerprint density at radius 1 is 1.22 bits per heavy atom. The minimum Gasteiger partial charge on any atom is -0.295 e. The average Bonchev–Trinajstić information content (AvgIpc) is 2.98. The molecule has 3 rings (SSSR count). The fourth-order valence-electron chi connectivity index (χ4n) is 3.90. The van der Waals surface area contributed by atoms with Crippen LogP contribution in [0.3, 0.4) is 0 Å². The second kappa shape index (κ2) is 4.24. The summed E-state index contributed by atoms with van der Waals surface area (Å²) in [4.78, 5) is 11.3. The van der Waals surface area contributed by atoms with E-state index in [2.05, 4.69) is 6.07 Å². The van der Waals surface area contributed by atoms with Gasteiger partial charge in [-0.2, -0.15) is 5.26 Å². The molecule has 2 heteroatoms. The van der Waals surface area contributed by atoms with Gasteiger partial charge in [-0.3, -0.25) is 4.79 Å². The molecule has 0 amide bonds. The van der Waals surface area contributed by atoms with Crippen molar-refractivity contribution < 1.29 is 4.79 Å². The molecule has 1 aromatic carbocycles. The van der Waals surface area contributed by atoms with E-state index in [0.29, 0.717) is 17.8 Å². The van der Waals surface area contributed by atoms with Gasteiger partial charge in [0.15, 0.2) is 5.78 Å². The third kappa shape index (κ3) is 1.66. The number of carbonyl (C=O) groups excluding carboxylic acids is 1. The SMILES string of the molecule is CC(=O)c1ccc([C@@H]2[C@H]3CC[C@H](C3)[C@@H]2C#N)cc1. The number of hydrogen-bond acceptors (Lipinski definition) is 2. The number of nitrogens with zero attached hydrogens (tertiary/aromatic N) is 1. The molecule has 2 fully saturated rings. The lowest BCUT2D eigenvalue weighted by atomic mass is 9.76. The summed E-state index contributed by atoms with van der Waals surface area (Å²) >= 11 is 0. The van der Waals surface area contributed by atoms with Crippen molar-refractivity contribution >= 4 is 5.78 Å². The maximum Gasteiger partial charge on any atom is 0.159 e. The summed E-state index contributed by atoms with van der Waals surface area (Å²) < 4.78 is 0. The van der Waals surface area contributed by atoms with E-state index in [9.17, 15) is 10.1 Å². The maximum absolute atomic E-state index is 11.3. The van der Waals surface area contributed by atoms with Crippen LogP contribution in [0.1, 0.15) is 48.0 Å². The Hall–Kier alpha value is -1.62. The molecule has 0 aliphatic heterocycles. The lowest BCUT2D eigenvalue weighted by molar-refractivity contribution is 0.101. The summed E-state index contributed by atoms with van der Waals surface area (Å²) in [6.45, 7) is 1.59. The van der Waals surface area contributed by atoms with Crippen molar-refractivity contribution in [2.75, 3.05) is 0 Å². The predicted octanol–water partition coefficient (Wildman–Crippen LogP) is 3.54. The Balaban J connectivity index is 1.90. The third-order valence-electron chi connectivity index (χ3n) is 4.77. The maximum atomic E-state index is 11.3. The molecule has 0 radical (unpaired) electrons. The van der Waals surface area contributed by atoms with E-state index in [1.54, 1.807) is 6.92 Å². The molecule has 2 bridgehead atoms. The number of Topliss-reactive ketones (excluding diaryl/α,β-unsaturated/α-hetero) is 1. The summed E-state index contributed by atoms with van der Waals surface area (Å²) in [7, 11) is 0. The Morgan fingerprint density at radius 2 is 1.89 bits per heavy atom. The smallest absolute Gasteiger partial charge is 0.159 e. The Bertz CT molecular complexity index is 511. The van der Waals surface area contributed by atoms with Crippen molar-refractivity contribution in [2.24, 2.45) is 17.8 Å². The molecule has 2 saturated carbocycles. The number of rotatable bonds is 2. The van der Waals surface area contributed by atoms with Crippen LogP contribution in [-0.4, -0.2) is 5.78 Å². The van der Waals surface area contributed by atoms with Gasteiger partial charge < -0.3 is 0 Å². The van der Waals surface area contributed by atoms with Gasteiger partial charge in [0.05, 0.1) is 12.0 Å². The van der Waals surface area contributed by atoms with E-state index < -0.39 is 0 Å². The third-order valence-corrected chi connectivity index (χ3v) is 4.77. The molecule has 0 aromatic heterocycles. The van der Waals surface area contributed by atoms with Crippen LogP contribution >= 0.6 is 0 Å². The van der Waals surface area contributed by atoms with E-state index in [1.807, 2.05) is 24.3 Å². The number of benzene rings is 1. The first-order valence-corrected chi connectivity index (χ1v) is 6.71. The van der Waals surface area contributed by atoms with Crippen molar-refractivity contribution in [1.82, 2.24) is 0 Å². The summed E-state index contributed by atoms with van der Waals surface area (Å²) in [5.41, 5.74) is 2.01. The molecule has 0 heterocycles. The molecule has 92 valence electrons. The van der Waals surface area contributed by atoms with Gasteiger partial charge in [-0.25, -0.2) is 0 Å². The van der Waals surface area contributed by atoms with E-state index in [4.69, 9.17) is 0 Å². The lowest BCUT2D eigenvalue weighted by Gasteiger charge is -2.26. The molecule has 0 N–H and O–H groups in total. The summed E-state index contributed by atoms with van der Waals surface area (Å²) in [5, 5.41) is 9.36. The number of fused-ring (bicyclic) bond motifs is 2. The Labute approximate surface area is 108 Å². The van der Waals surface area contributed by atoms with Crippen LogP contribution in [0, 0.1) is 29.1 Å². The summed E-state index contributed by atoms with van der Waals surface area (Å²) in [6, 6.07) is 10.4. The molecule has 18 heavy (non-hydrogen) atoms. The van der Waals surface area contributed by atoms with Gasteiger partial charge >= 0.3 is 0 Å². The second-order valence-electron chi connectivity index (χ2n) is 5.69. The minimum absolute atomic E-state index is 0.103. The number of carbonyl (C=O) groups is 1. The highest BCUT2D eigenvalue weighted by molar-refractivity contribution is 5.94. The van der Waals surface area contributed by atoms with Gasteiger partial charge in [0.2, 0.25) is 0 Å². The largest absolute Gasteiger partial charge is 0.295 e. The molecule has 2 aliphatic rings. The van der Waals surface area contributed by atoms with Crippen LogP contribution in [0.25, 0.3) is 0 Å². The number of ketones is 1. The van der Waals surface area contributed by atoms with E-state index in [-0.39, 0.29) is 11.7 Å². The van der Waals surface area contributed by atoms with Crippen LogP contribution in [0.4, 0.5) is 0 Å². The fourth-order valence-corrected chi connectivity index (χ4v) is 3.90. The highest BCUT2D eigenvalue weighted by Crippen LogP contribution is 2.56. The van der Waals surface area contributed by atoms with Crippen molar-refractivity contribution in [3.05, 3.63) is 35.4 Å². The van der Waals surface area contributed by atoms with E-state index in [0.717, 1.165) is 5.56 Å². The first-order valence-electron chi connectivity index (χ1n) is 6.71. The van der Waals surface area contributed by atoms with Crippen molar-refractivity contribution in [2.45, 2.75) is 32.1 Å². The standard InChI is InChI=1S/C16H17NO/c1-10(18)11-2-4-12(5-3-11)16-14-7-6-13(8-14)15(16)9-17/h2-5,13-16H,6-8H2,1H3/t13-,14+,15+,16-/m1/s1. The topological polar surface area (TPSA) is 40.9 Å². The van der Waals surface area contributed by atoms with Gasteiger partial charge in [-0.05, 0) is 43.6 Å². The molecule has 1 aromatic rings. The van der Waals surface area contributed by atoms with Crippen LogP contribution < -0.4 is 0 Å². The zero-order valence-corrected chi connectivity index (χ0v) is 10.6. The van der Waals surface area contributed by atoms with E-state index in [1.165, 1.54) is 24.8 Å². The second-order valence-corrected chi connectivity index (χ2v) is 5.69. The van der Waals surface area contributed by atoms with Crippen LogP contribution in [0.2, 0.25) is 0 Å². The van der Waals surface area contributed by atoms with Gasteiger partial charge in [-0.15, -0.1) is 0 Å². The van der Waals surface area contributed by atoms with Crippen LogP contribution in [0.15, 0.2) is 24.3 Å². The first-order chi connectivity index (χ1) is 8.70. The van der Waals surface area contributed by atoms with Crippen LogP contribution in [-0.2, 0) is 0 Å². The normalized spacial score (nSPS) is 33.3. The molecule has 2 nitrogen and oxygen atoms in total. The number of hydrogen-bond donors (Lipinski definition) is 0. The van der Waals surface area contributed by atoms with Gasteiger partial charge in [-0.1, -0.05) is 24.3 Å². The molecular formula is C16H17NO. The van der Waals surface area contributed by atoms with Crippen molar-refractivity contribution in [3.8, 4) is 6.07 Å². The highest BCUT2D eigenvalue weighted by atomic mass is 16.1. The minimum atomic E-state index is 0.103. The van der Waals surface area contributed by atoms with Gasteiger partial charge in [0.25, 0.3) is 0 Å². The first kappa shape index (κ1) is 11.5. The zero-order chi connectivity index (χ0) is 12.7. The quantitative estimate of drug-likeness (QED) is 0.740. The Kier molecular flexibility index (Phi) is 2.70. The molecule has 0 unspecified atom stereocenters. The molecule has 2 aliphatic carbocycles. The molecule has 0 saturated heterocycles. The zero-order valence-electron chi connectivity index (χ0n) is 10.6. The average molecular weight is 239 g/mol. The molecule has 0 spiro atoms. The van der Waals surface area contributed by atoms with Gasteiger partial charge in [0.1, 0.15) is 0 Å². The van der Waals surface area contributed by atoms with Crippen molar-refractivity contribution in [1.29, 1.82) is 5.26 Å². The van der Waals surface area contributed by atoms with E-state index >= 15 is 0 Å². The fraction of sp³-hybridized carbons (Fsp3) is 0.500. The lowest BCUT2D eigenvalue weighted by Crippen LogP contribution is -2.19. The summed E-state index contributed by atoms with van der Waals surface area (Å²) in [6.07, 6.45) is 3.71.